The van der Waals surface area contributed by atoms with E-state index in [9.17, 15) is 9.59 Å². The van der Waals surface area contributed by atoms with Crippen molar-refractivity contribution < 1.29 is 14.3 Å². The lowest BCUT2D eigenvalue weighted by Crippen LogP contribution is -2.16. The van der Waals surface area contributed by atoms with E-state index >= 15 is 0 Å². The molecule has 0 aromatic heterocycles. The number of Topliss-reactive ketones (excluding diaryl/α,β-unsaturated/α-hetero) is 2. The van der Waals surface area contributed by atoms with Gasteiger partial charge in [-0.25, -0.2) is 0 Å². The lowest BCUT2D eigenvalue weighted by molar-refractivity contribution is 0.0990. The second-order valence-corrected chi connectivity index (χ2v) is 12.8. The van der Waals surface area contributed by atoms with E-state index < -0.39 is 11.6 Å². The highest BCUT2D eigenvalue weighted by Gasteiger charge is 2.38. The molecule has 0 aliphatic heterocycles. The summed E-state index contributed by atoms with van der Waals surface area (Å²) in [5.41, 5.74) is 9.79. The Bertz CT molecular complexity index is 2030. The van der Waals surface area contributed by atoms with Crippen molar-refractivity contribution in [2.45, 2.75) is 26.2 Å². The second-order valence-electron chi connectivity index (χ2n) is 12.0. The highest BCUT2D eigenvalue weighted by atomic mass is 35.5. The molecule has 2 aliphatic carbocycles. The molecule has 2 aliphatic rings. The molecule has 0 atom stereocenters. The number of anilines is 3. The number of methoxy groups -OCH3 is 1. The van der Waals surface area contributed by atoms with Gasteiger partial charge in [0.1, 0.15) is 5.75 Å². The predicted octanol–water partition coefficient (Wildman–Crippen LogP) is 10.5. The number of carbonyl (C=O) groups is 2. The number of rotatable bonds is 5. The molecule has 45 heavy (non-hydrogen) atoms. The fraction of sp³-hybridized carbons (Fsp3) is 0.128. The van der Waals surface area contributed by atoms with Crippen LogP contribution in [0.15, 0.2) is 103 Å². The molecule has 0 radical (unpaired) electrons. The average Bonchev–Trinajstić information content (AvgIpc) is 3.42. The van der Waals surface area contributed by atoms with Crippen molar-refractivity contribution >= 4 is 57.9 Å². The highest BCUT2D eigenvalue weighted by Crippen LogP contribution is 2.51. The number of ketones is 2. The number of hydrogen-bond donors (Lipinski definition) is 0. The quantitative estimate of drug-likeness (QED) is 0.143. The van der Waals surface area contributed by atoms with E-state index in [4.69, 9.17) is 27.9 Å². The first kappa shape index (κ1) is 29.1. The minimum absolute atomic E-state index is 0.0729. The van der Waals surface area contributed by atoms with E-state index in [0.717, 1.165) is 45.1 Å². The summed E-state index contributed by atoms with van der Waals surface area (Å²) in [5, 5.41) is 0.457. The molecule has 0 saturated heterocycles. The number of carbonyl (C=O) groups excluding carboxylic acids is 2. The average molecular weight is 631 g/mol. The molecule has 0 spiro atoms. The van der Waals surface area contributed by atoms with Crippen LogP contribution in [0.5, 0.6) is 5.75 Å². The molecule has 0 saturated carbocycles. The van der Waals surface area contributed by atoms with E-state index in [1.165, 1.54) is 11.1 Å². The third-order valence-corrected chi connectivity index (χ3v) is 9.55. The Kier molecular flexibility index (Phi) is 6.96. The zero-order valence-electron chi connectivity index (χ0n) is 25.2. The Morgan fingerprint density at radius 2 is 1.18 bits per heavy atom. The van der Waals surface area contributed by atoms with Crippen molar-refractivity contribution in [3.8, 4) is 16.9 Å². The Balaban J connectivity index is 1.29. The van der Waals surface area contributed by atoms with Gasteiger partial charge in [-0.15, -0.1) is 0 Å². The maximum absolute atomic E-state index is 13.3. The number of allylic oxidation sites excluding steroid dienone is 1. The number of benzene rings is 5. The van der Waals surface area contributed by atoms with Gasteiger partial charge in [-0.2, -0.15) is 0 Å². The van der Waals surface area contributed by atoms with Crippen molar-refractivity contribution in [3.63, 3.8) is 0 Å². The zero-order valence-corrected chi connectivity index (χ0v) is 26.8. The van der Waals surface area contributed by atoms with E-state index in [1.807, 2.05) is 18.2 Å². The molecule has 6 heteroatoms. The number of hydrogen-bond acceptors (Lipinski definition) is 4. The lowest BCUT2D eigenvalue weighted by atomic mass is 9.81. The number of aryl methyl sites for hydroxylation is 1. The monoisotopic (exact) mass is 629 g/mol. The summed E-state index contributed by atoms with van der Waals surface area (Å²) in [7, 11) is 1.67. The summed E-state index contributed by atoms with van der Waals surface area (Å²) in [6, 6.07) is 32.4. The number of ether oxygens (including phenoxy) is 1. The van der Waals surface area contributed by atoms with Crippen molar-refractivity contribution in [1.82, 2.24) is 0 Å². The fourth-order valence-electron chi connectivity index (χ4n) is 6.51. The normalized spacial score (nSPS) is 14.2. The van der Waals surface area contributed by atoms with Crippen LogP contribution in [0.4, 0.5) is 17.1 Å². The van der Waals surface area contributed by atoms with Crippen molar-refractivity contribution in [3.05, 3.63) is 146 Å². The molecule has 5 aromatic carbocycles. The minimum atomic E-state index is -0.398. The molecule has 7 rings (SSSR count). The maximum atomic E-state index is 13.3. The molecular formula is C39H29Cl2NO3. The summed E-state index contributed by atoms with van der Waals surface area (Å²) in [4.78, 5) is 28.8. The van der Waals surface area contributed by atoms with Gasteiger partial charge < -0.3 is 9.64 Å². The molecule has 0 heterocycles. The minimum Gasteiger partial charge on any atom is -0.497 e. The van der Waals surface area contributed by atoms with Crippen LogP contribution in [0, 0.1) is 6.92 Å². The van der Waals surface area contributed by atoms with Gasteiger partial charge in [0.2, 0.25) is 0 Å². The first-order valence-corrected chi connectivity index (χ1v) is 15.4. The van der Waals surface area contributed by atoms with Gasteiger partial charge in [0.05, 0.1) is 33.9 Å². The fourth-order valence-corrected chi connectivity index (χ4v) is 7.00. The molecular weight excluding hydrogens is 601 g/mol. The smallest absolute Gasteiger partial charge is 0.199 e. The first-order valence-electron chi connectivity index (χ1n) is 14.7. The van der Waals surface area contributed by atoms with E-state index in [2.05, 4.69) is 92.4 Å². The van der Waals surface area contributed by atoms with Gasteiger partial charge in [-0.05, 0) is 101 Å². The molecule has 5 aromatic rings. The summed E-state index contributed by atoms with van der Waals surface area (Å²) in [5.74, 6) is 0.00447. The van der Waals surface area contributed by atoms with Crippen LogP contribution in [0.3, 0.4) is 0 Å². The van der Waals surface area contributed by atoms with Crippen LogP contribution in [0.25, 0.3) is 17.2 Å². The summed E-state index contributed by atoms with van der Waals surface area (Å²) in [6.45, 7) is 6.51. The van der Waals surface area contributed by atoms with Gasteiger partial charge in [0, 0.05) is 22.5 Å². The molecule has 222 valence electrons. The maximum Gasteiger partial charge on any atom is 0.199 e. The van der Waals surface area contributed by atoms with Crippen molar-refractivity contribution in [2.24, 2.45) is 0 Å². The molecule has 0 N–H and O–H groups in total. The Morgan fingerprint density at radius 3 is 1.76 bits per heavy atom. The largest absolute Gasteiger partial charge is 0.497 e. The Morgan fingerprint density at radius 1 is 0.667 bits per heavy atom. The summed E-state index contributed by atoms with van der Waals surface area (Å²) < 4.78 is 5.42. The number of fused-ring (bicyclic) bond motifs is 4. The van der Waals surface area contributed by atoms with Gasteiger partial charge in [-0.1, -0.05) is 79.0 Å². The lowest BCUT2D eigenvalue weighted by Gasteiger charge is -2.28. The van der Waals surface area contributed by atoms with Crippen molar-refractivity contribution in [1.29, 1.82) is 0 Å². The first-order chi connectivity index (χ1) is 21.6. The van der Waals surface area contributed by atoms with E-state index in [0.29, 0.717) is 0 Å². The van der Waals surface area contributed by atoms with Crippen LogP contribution in [0.1, 0.15) is 56.8 Å². The standard InChI is InChI=1S/C39H29Cl2NO3/c1-22-5-8-24(9-6-22)42(25-10-13-27(45-4)14-11-25)26-12-16-29-28-15-7-23(20-31(28)39(2,3)32(29)21-26)19-30-37(43)35-33(40)17-18-34(41)36(35)38(30)44/h5-21H,1-4H3. The van der Waals surface area contributed by atoms with E-state index in [-0.39, 0.29) is 32.2 Å². The topological polar surface area (TPSA) is 46.6 Å². The van der Waals surface area contributed by atoms with Crippen LogP contribution in [-0.4, -0.2) is 18.7 Å². The Hall–Kier alpha value is -4.64. The Labute approximate surface area is 272 Å². The molecule has 4 nitrogen and oxygen atoms in total. The van der Waals surface area contributed by atoms with E-state index in [1.54, 1.807) is 25.3 Å². The summed E-state index contributed by atoms with van der Waals surface area (Å²) >= 11 is 12.6. The second kappa shape index (κ2) is 10.8. The van der Waals surface area contributed by atoms with Crippen LogP contribution >= 0.6 is 23.2 Å². The predicted molar refractivity (Wildman–Crippen MR) is 183 cm³/mol. The molecule has 0 fully saturated rings. The van der Waals surface area contributed by atoms with Gasteiger partial charge in [0.25, 0.3) is 0 Å². The van der Waals surface area contributed by atoms with Gasteiger partial charge in [0.15, 0.2) is 11.6 Å². The van der Waals surface area contributed by atoms with Crippen LogP contribution in [0.2, 0.25) is 10.0 Å². The van der Waals surface area contributed by atoms with Crippen LogP contribution in [-0.2, 0) is 5.41 Å². The van der Waals surface area contributed by atoms with Gasteiger partial charge in [-0.3, -0.25) is 9.59 Å². The molecule has 0 amide bonds. The van der Waals surface area contributed by atoms with Crippen LogP contribution < -0.4 is 9.64 Å². The van der Waals surface area contributed by atoms with Crippen molar-refractivity contribution in [2.75, 3.05) is 12.0 Å². The molecule has 0 unspecified atom stereocenters. The highest BCUT2D eigenvalue weighted by molar-refractivity contribution is 6.49. The zero-order chi connectivity index (χ0) is 31.6. The van der Waals surface area contributed by atoms with Gasteiger partial charge >= 0.3 is 0 Å². The molecule has 0 bridgehead atoms. The SMILES string of the molecule is COc1ccc(N(c2ccc(C)cc2)c2ccc3c(c2)C(C)(C)c2cc(C=C4C(=O)c5c(Cl)ccc(Cl)c5C4=O)ccc2-3)cc1. The number of nitrogens with zero attached hydrogens (tertiary/aromatic N) is 1. The third-order valence-electron chi connectivity index (χ3n) is 8.92. The summed E-state index contributed by atoms with van der Waals surface area (Å²) in [6.07, 6.45) is 1.66. The third kappa shape index (κ3) is 4.68. The number of halogens is 2.